The average Bonchev–Trinajstić information content (AvgIpc) is 3.57. The van der Waals surface area contributed by atoms with Gasteiger partial charge in [0, 0.05) is 12.8 Å². The highest BCUT2D eigenvalue weighted by Crippen LogP contribution is 2.54. The lowest BCUT2D eigenvalue weighted by molar-refractivity contribution is -0.870. The molecule has 0 N–H and O–H groups in total. The van der Waals surface area contributed by atoms with Crippen molar-refractivity contribution >= 4 is 5.97 Å². The molecule has 2 saturated carbocycles. The SMILES string of the molecule is CCCCCC1CC1CC1CC1CCCCCCCC(=O)OCCC[N+](C)(C)C. The maximum absolute atomic E-state index is 11.8. The molecule has 0 saturated heterocycles. The number of ether oxygens (including phenoxy) is 1. The molecule has 170 valence electrons. The van der Waals surface area contributed by atoms with Gasteiger partial charge in [-0.1, -0.05) is 64.7 Å². The molecule has 0 bridgehead atoms. The van der Waals surface area contributed by atoms with Gasteiger partial charge in [-0.05, 0) is 49.4 Å². The first kappa shape index (κ1) is 24.7. The summed E-state index contributed by atoms with van der Waals surface area (Å²) >= 11 is 0. The summed E-state index contributed by atoms with van der Waals surface area (Å²) < 4.78 is 6.27. The molecule has 4 atom stereocenters. The van der Waals surface area contributed by atoms with Crippen LogP contribution in [0, 0.1) is 23.7 Å². The molecule has 0 aliphatic heterocycles. The van der Waals surface area contributed by atoms with Crippen molar-refractivity contribution in [2.24, 2.45) is 23.7 Å². The lowest BCUT2D eigenvalue weighted by atomic mass is 10.0. The molecule has 2 aliphatic carbocycles. The second-order valence-electron chi connectivity index (χ2n) is 11.1. The van der Waals surface area contributed by atoms with Gasteiger partial charge in [0.1, 0.15) is 0 Å². The lowest BCUT2D eigenvalue weighted by Gasteiger charge is -2.23. The van der Waals surface area contributed by atoms with Gasteiger partial charge in [-0.25, -0.2) is 0 Å². The molecule has 0 aromatic carbocycles. The van der Waals surface area contributed by atoms with E-state index >= 15 is 0 Å². The Bertz CT molecular complexity index is 456. The molecular weight excluding hydrogens is 358 g/mol. The van der Waals surface area contributed by atoms with Crippen molar-refractivity contribution in [2.45, 2.75) is 103 Å². The summed E-state index contributed by atoms with van der Waals surface area (Å²) in [7, 11) is 6.51. The second-order valence-corrected chi connectivity index (χ2v) is 11.1. The Kier molecular flexibility index (Phi) is 11.0. The quantitative estimate of drug-likeness (QED) is 0.145. The largest absolute Gasteiger partial charge is 0.465 e. The highest BCUT2D eigenvalue weighted by atomic mass is 16.5. The van der Waals surface area contributed by atoms with E-state index in [9.17, 15) is 4.79 Å². The van der Waals surface area contributed by atoms with Crippen LogP contribution in [0.5, 0.6) is 0 Å². The Morgan fingerprint density at radius 2 is 1.38 bits per heavy atom. The molecule has 0 radical (unpaired) electrons. The van der Waals surface area contributed by atoms with Gasteiger partial charge in [0.25, 0.3) is 0 Å². The number of quaternary nitrogens is 1. The van der Waals surface area contributed by atoms with Crippen LogP contribution in [0.2, 0.25) is 0 Å². The number of hydrogen-bond acceptors (Lipinski definition) is 2. The van der Waals surface area contributed by atoms with E-state index < -0.39 is 0 Å². The zero-order valence-corrected chi connectivity index (χ0v) is 20.1. The highest BCUT2D eigenvalue weighted by molar-refractivity contribution is 5.69. The van der Waals surface area contributed by atoms with Gasteiger partial charge >= 0.3 is 5.97 Å². The van der Waals surface area contributed by atoms with Crippen LogP contribution in [-0.2, 0) is 9.53 Å². The number of nitrogens with zero attached hydrogens (tertiary/aromatic N) is 1. The highest BCUT2D eigenvalue weighted by Gasteiger charge is 2.44. The van der Waals surface area contributed by atoms with Crippen LogP contribution in [0.15, 0.2) is 0 Å². The van der Waals surface area contributed by atoms with Crippen LogP contribution in [0.4, 0.5) is 0 Å². The Morgan fingerprint density at radius 3 is 2.00 bits per heavy atom. The fourth-order valence-electron chi connectivity index (χ4n) is 4.95. The van der Waals surface area contributed by atoms with Crippen molar-refractivity contribution in [3.05, 3.63) is 0 Å². The van der Waals surface area contributed by atoms with Gasteiger partial charge in [0.05, 0.1) is 34.3 Å². The van der Waals surface area contributed by atoms with Crippen molar-refractivity contribution in [1.29, 1.82) is 0 Å². The van der Waals surface area contributed by atoms with Gasteiger partial charge in [-0.2, -0.15) is 0 Å². The minimum atomic E-state index is 0.000283. The van der Waals surface area contributed by atoms with Crippen LogP contribution < -0.4 is 0 Å². The summed E-state index contributed by atoms with van der Waals surface area (Å²) in [4.78, 5) is 11.8. The molecule has 2 fully saturated rings. The third kappa shape index (κ3) is 12.0. The van der Waals surface area contributed by atoms with Gasteiger partial charge in [-0.3, -0.25) is 4.79 Å². The topological polar surface area (TPSA) is 26.3 Å². The van der Waals surface area contributed by atoms with E-state index in [1.165, 1.54) is 64.2 Å². The molecule has 0 amide bonds. The fraction of sp³-hybridized carbons (Fsp3) is 0.962. The monoisotopic (exact) mass is 408 g/mol. The molecule has 0 aromatic heterocycles. The first-order valence-electron chi connectivity index (χ1n) is 12.8. The molecule has 3 heteroatoms. The van der Waals surface area contributed by atoms with Crippen LogP contribution in [0.3, 0.4) is 0 Å². The van der Waals surface area contributed by atoms with E-state index in [0.29, 0.717) is 13.0 Å². The number of carbonyl (C=O) groups excluding carboxylic acids is 1. The number of rotatable bonds is 18. The Labute approximate surface area is 181 Å². The van der Waals surface area contributed by atoms with Crippen molar-refractivity contribution in [2.75, 3.05) is 34.3 Å². The standard InChI is InChI=1S/C26H50NO2/c1-5-6-10-14-22-19-24(22)21-25-20-23(25)15-11-8-7-9-12-16-26(28)29-18-13-17-27(2,3)4/h22-25H,5-21H2,1-4H3/q+1. The van der Waals surface area contributed by atoms with E-state index in [4.69, 9.17) is 4.74 Å². The molecular formula is C26H50NO2+. The molecule has 0 heterocycles. The Balaban J connectivity index is 1.32. The number of esters is 1. The number of unbranched alkanes of at least 4 members (excludes halogenated alkanes) is 6. The number of hydrogen-bond donors (Lipinski definition) is 0. The summed E-state index contributed by atoms with van der Waals surface area (Å²) in [6, 6.07) is 0. The summed E-state index contributed by atoms with van der Waals surface area (Å²) in [5.74, 6) is 4.36. The molecule has 0 aromatic rings. The van der Waals surface area contributed by atoms with Crippen molar-refractivity contribution in [1.82, 2.24) is 0 Å². The molecule has 2 rings (SSSR count). The smallest absolute Gasteiger partial charge is 0.305 e. The third-order valence-electron chi connectivity index (χ3n) is 7.11. The predicted molar refractivity (Wildman–Crippen MR) is 123 cm³/mol. The molecule has 29 heavy (non-hydrogen) atoms. The summed E-state index contributed by atoms with van der Waals surface area (Å²) in [5.41, 5.74) is 0. The van der Waals surface area contributed by atoms with Crippen molar-refractivity contribution < 1.29 is 14.0 Å². The summed E-state index contributed by atoms with van der Waals surface area (Å²) in [5, 5.41) is 0. The van der Waals surface area contributed by atoms with Crippen molar-refractivity contribution in [3.8, 4) is 0 Å². The van der Waals surface area contributed by atoms with Crippen molar-refractivity contribution in [3.63, 3.8) is 0 Å². The van der Waals surface area contributed by atoms with Crippen LogP contribution in [0.25, 0.3) is 0 Å². The van der Waals surface area contributed by atoms with E-state index in [2.05, 4.69) is 28.1 Å². The first-order chi connectivity index (χ1) is 13.9. The van der Waals surface area contributed by atoms with E-state index in [0.717, 1.165) is 47.5 Å². The van der Waals surface area contributed by atoms with Gasteiger partial charge in [0.15, 0.2) is 0 Å². The fourth-order valence-corrected chi connectivity index (χ4v) is 4.95. The molecule has 2 aliphatic rings. The summed E-state index contributed by atoms with van der Waals surface area (Å²) in [6.45, 7) is 3.94. The first-order valence-corrected chi connectivity index (χ1v) is 12.8. The normalized spacial score (nSPS) is 25.8. The minimum Gasteiger partial charge on any atom is -0.465 e. The Hall–Kier alpha value is -0.570. The number of carbonyl (C=O) groups is 1. The predicted octanol–water partition coefficient (Wildman–Crippen LogP) is 6.60. The minimum absolute atomic E-state index is 0.000283. The molecule has 4 unspecified atom stereocenters. The maximum atomic E-state index is 11.8. The molecule has 3 nitrogen and oxygen atoms in total. The zero-order chi connectivity index (χ0) is 21.1. The van der Waals surface area contributed by atoms with E-state index in [-0.39, 0.29) is 5.97 Å². The van der Waals surface area contributed by atoms with Gasteiger partial charge < -0.3 is 9.22 Å². The molecule has 0 spiro atoms. The maximum Gasteiger partial charge on any atom is 0.305 e. The van der Waals surface area contributed by atoms with E-state index in [1.54, 1.807) is 12.8 Å². The van der Waals surface area contributed by atoms with E-state index in [1.807, 2.05) is 0 Å². The third-order valence-corrected chi connectivity index (χ3v) is 7.11. The lowest BCUT2D eigenvalue weighted by Crippen LogP contribution is -2.35. The van der Waals surface area contributed by atoms with Crippen LogP contribution in [-0.4, -0.2) is 44.7 Å². The average molecular weight is 409 g/mol. The summed E-state index contributed by atoms with van der Waals surface area (Å²) in [6.07, 6.45) is 19.7. The second kappa shape index (κ2) is 13.0. The van der Waals surface area contributed by atoms with Crippen LogP contribution in [0.1, 0.15) is 103 Å². The van der Waals surface area contributed by atoms with Crippen LogP contribution >= 0.6 is 0 Å². The Morgan fingerprint density at radius 1 is 0.793 bits per heavy atom. The zero-order valence-electron chi connectivity index (χ0n) is 20.1. The van der Waals surface area contributed by atoms with Gasteiger partial charge in [-0.15, -0.1) is 0 Å². The van der Waals surface area contributed by atoms with Gasteiger partial charge in [0.2, 0.25) is 0 Å².